The topological polar surface area (TPSA) is 237 Å². The zero-order valence-electron chi connectivity index (χ0n) is 69.6. The van der Waals surface area contributed by atoms with E-state index in [0.717, 1.165) is 95.8 Å². The molecule has 630 valence electrons. The minimum absolute atomic E-state index is 0.107. The lowest BCUT2D eigenvalue weighted by atomic mass is 10.0. The van der Waals surface area contributed by atoms with Crippen LogP contribution < -0.4 is 0 Å². The normalized spacial score (nSPS) is 13.7. The summed E-state index contributed by atoms with van der Waals surface area (Å²) in [5.41, 5.74) is 0. The van der Waals surface area contributed by atoms with Crippen LogP contribution in [0.1, 0.15) is 471 Å². The van der Waals surface area contributed by atoms with E-state index in [-0.39, 0.29) is 25.7 Å². The van der Waals surface area contributed by atoms with Gasteiger partial charge in [0.15, 0.2) is 12.2 Å². The van der Waals surface area contributed by atoms with Crippen LogP contribution in [0.15, 0.2) is 0 Å². The standard InChI is InChI=1S/C87H170O17P2/c1-6-9-12-15-18-21-24-26-28-30-32-34-35-37-39-41-43-46-52-57-62-67-72-86(91)103-82(77-98-85(90)71-66-61-56-51-45-42-40-38-36-33-31-29-27-25-22-19-16-13-10-7-2)78-101-105(93,94)99-74-81(88)75-100-106(95,96)102-79-83(76-97-84(89)70-65-60-55-50-44-23-20-17-14-11-8-3)104-87(92)73-68-63-58-53-48-47-49-54-59-64-69-80(4)5/h80-83,88H,6-79H2,1-5H3,(H,93,94)(H,95,96)/t81-,82-,83-/m1/s1. The average Bonchev–Trinajstić information content (AvgIpc) is 0.903. The van der Waals surface area contributed by atoms with Crippen LogP contribution in [-0.4, -0.2) is 96.7 Å². The molecule has 0 bridgehead atoms. The number of unbranched alkanes of at least 4 members (excludes halogenated alkanes) is 59. The predicted octanol–water partition coefficient (Wildman–Crippen LogP) is 26.8. The molecular weight excluding hydrogens is 1380 g/mol. The van der Waals surface area contributed by atoms with Gasteiger partial charge in [-0.2, -0.15) is 0 Å². The van der Waals surface area contributed by atoms with Crippen molar-refractivity contribution in [1.29, 1.82) is 0 Å². The van der Waals surface area contributed by atoms with E-state index < -0.39 is 97.5 Å². The van der Waals surface area contributed by atoms with Crippen LogP contribution in [0.5, 0.6) is 0 Å². The summed E-state index contributed by atoms with van der Waals surface area (Å²) in [6.45, 7) is 7.35. The molecule has 0 saturated heterocycles. The summed E-state index contributed by atoms with van der Waals surface area (Å²) < 4.78 is 68.9. The molecule has 0 radical (unpaired) electrons. The summed E-state index contributed by atoms with van der Waals surface area (Å²) in [4.78, 5) is 73.2. The number of aliphatic hydroxyl groups excluding tert-OH is 1. The van der Waals surface area contributed by atoms with Crippen LogP contribution in [0.2, 0.25) is 0 Å². The Morgan fingerprint density at radius 2 is 0.434 bits per heavy atom. The molecule has 0 rings (SSSR count). The van der Waals surface area contributed by atoms with Gasteiger partial charge in [-0.1, -0.05) is 420 Å². The van der Waals surface area contributed by atoms with Gasteiger partial charge in [0.25, 0.3) is 0 Å². The summed E-state index contributed by atoms with van der Waals surface area (Å²) in [5, 5.41) is 10.7. The van der Waals surface area contributed by atoms with E-state index in [0.29, 0.717) is 25.7 Å². The van der Waals surface area contributed by atoms with E-state index in [2.05, 4.69) is 34.6 Å². The van der Waals surface area contributed by atoms with Gasteiger partial charge in [0.2, 0.25) is 0 Å². The minimum atomic E-state index is -4.97. The highest BCUT2D eigenvalue weighted by Crippen LogP contribution is 2.45. The lowest BCUT2D eigenvalue weighted by molar-refractivity contribution is -0.161. The summed E-state index contributed by atoms with van der Waals surface area (Å²) in [6.07, 6.45) is 73.8. The smallest absolute Gasteiger partial charge is 0.462 e. The Labute approximate surface area is 651 Å². The molecule has 0 amide bonds. The zero-order valence-corrected chi connectivity index (χ0v) is 71.4. The van der Waals surface area contributed by atoms with Gasteiger partial charge in [-0.15, -0.1) is 0 Å². The molecule has 0 spiro atoms. The lowest BCUT2D eigenvalue weighted by Crippen LogP contribution is -2.30. The Kier molecular flexibility index (Phi) is 78.2. The molecule has 0 aliphatic carbocycles. The first-order valence-corrected chi connectivity index (χ1v) is 48.1. The third kappa shape index (κ3) is 80.1. The highest BCUT2D eigenvalue weighted by atomic mass is 31.2. The van der Waals surface area contributed by atoms with Crippen molar-refractivity contribution in [3.8, 4) is 0 Å². The maximum Gasteiger partial charge on any atom is 0.472 e. The first kappa shape index (κ1) is 104. The van der Waals surface area contributed by atoms with Crippen LogP contribution in [0.25, 0.3) is 0 Å². The van der Waals surface area contributed by atoms with E-state index in [4.69, 9.17) is 37.0 Å². The van der Waals surface area contributed by atoms with E-state index >= 15 is 0 Å². The molecule has 0 aromatic rings. The number of aliphatic hydroxyl groups is 1. The van der Waals surface area contributed by atoms with Gasteiger partial charge in [0.1, 0.15) is 19.3 Å². The predicted molar refractivity (Wildman–Crippen MR) is 437 cm³/mol. The second-order valence-electron chi connectivity index (χ2n) is 31.8. The monoisotopic (exact) mass is 1550 g/mol. The molecule has 0 aromatic carbocycles. The van der Waals surface area contributed by atoms with E-state index in [1.54, 1.807) is 0 Å². The van der Waals surface area contributed by atoms with Crippen molar-refractivity contribution in [3.05, 3.63) is 0 Å². The molecule has 106 heavy (non-hydrogen) atoms. The van der Waals surface area contributed by atoms with Gasteiger partial charge < -0.3 is 33.8 Å². The van der Waals surface area contributed by atoms with Gasteiger partial charge in [0, 0.05) is 25.7 Å². The number of esters is 4. The Hall–Kier alpha value is -1.94. The second kappa shape index (κ2) is 79.7. The van der Waals surface area contributed by atoms with Crippen molar-refractivity contribution in [2.75, 3.05) is 39.6 Å². The Morgan fingerprint density at radius 1 is 0.255 bits per heavy atom. The third-order valence-electron chi connectivity index (χ3n) is 20.5. The van der Waals surface area contributed by atoms with Gasteiger partial charge >= 0.3 is 39.5 Å². The number of rotatable bonds is 87. The van der Waals surface area contributed by atoms with Crippen molar-refractivity contribution in [2.45, 2.75) is 490 Å². The van der Waals surface area contributed by atoms with Gasteiger partial charge in [-0.3, -0.25) is 37.3 Å². The summed E-state index contributed by atoms with van der Waals surface area (Å²) >= 11 is 0. The first-order valence-electron chi connectivity index (χ1n) is 45.1. The molecule has 0 saturated carbocycles. The van der Waals surface area contributed by atoms with Gasteiger partial charge in [0.05, 0.1) is 26.4 Å². The molecule has 2 unspecified atom stereocenters. The number of carbonyl (C=O) groups is 4. The van der Waals surface area contributed by atoms with Crippen molar-refractivity contribution < 1.29 is 80.2 Å². The van der Waals surface area contributed by atoms with Crippen LogP contribution in [0.4, 0.5) is 0 Å². The van der Waals surface area contributed by atoms with Crippen LogP contribution >= 0.6 is 15.6 Å². The summed E-state index contributed by atoms with van der Waals surface area (Å²) in [7, 11) is -9.93. The number of phosphoric ester groups is 2. The lowest BCUT2D eigenvalue weighted by Gasteiger charge is -2.21. The fourth-order valence-electron chi connectivity index (χ4n) is 13.6. The molecule has 0 heterocycles. The molecule has 5 atom stereocenters. The molecule has 19 heteroatoms. The number of ether oxygens (including phenoxy) is 4. The average molecular weight is 1550 g/mol. The maximum absolute atomic E-state index is 13.2. The molecule has 3 N–H and O–H groups in total. The Balaban J connectivity index is 5.21. The number of carbonyl (C=O) groups excluding carboxylic acids is 4. The van der Waals surface area contributed by atoms with Crippen LogP contribution in [0.3, 0.4) is 0 Å². The van der Waals surface area contributed by atoms with Crippen molar-refractivity contribution in [2.24, 2.45) is 5.92 Å². The van der Waals surface area contributed by atoms with Crippen molar-refractivity contribution in [3.63, 3.8) is 0 Å². The highest BCUT2D eigenvalue weighted by Gasteiger charge is 2.30. The Bertz CT molecular complexity index is 2010. The van der Waals surface area contributed by atoms with Crippen LogP contribution in [-0.2, 0) is 65.4 Å². The number of hydrogen-bond donors (Lipinski definition) is 3. The van der Waals surface area contributed by atoms with E-state index in [1.165, 1.54) is 295 Å². The minimum Gasteiger partial charge on any atom is -0.462 e. The molecular formula is C87H170O17P2. The van der Waals surface area contributed by atoms with Crippen molar-refractivity contribution in [1.82, 2.24) is 0 Å². The van der Waals surface area contributed by atoms with E-state index in [9.17, 15) is 43.2 Å². The molecule has 0 fully saturated rings. The largest absolute Gasteiger partial charge is 0.472 e. The first-order chi connectivity index (χ1) is 51.5. The van der Waals surface area contributed by atoms with Gasteiger partial charge in [-0.05, 0) is 31.6 Å². The number of hydrogen-bond acceptors (Lipinski definition) is 15. The SMILES string of the molecule is CCCCCCCCCCCCCCCCCCCCCCCCC(=O)O[C@H](COC(=O)CCCCCCCCCCCCCCCCCCCCCC)COP(=O)(O)OC[C@@H](O)COP(=O)(O)OC[C@@H](COC(=O)CCCCCCCCCCCCC)OC(=O)CCCCCCCCCCCCC(C)C. The molecule has 0 aliphatic rings. The molecule has 17 nitrogen and oxygen atoms in total. The fourth-order valence-corrected chi connectivity index (χ4v) is 15.2. The second-order valence-corrected chi connectivity index (χ2v) is 34.7. The van der Waals surface area contributed by atoms with E-state index in [1.807, 2.05) is 0 Å². The molecule has 0 aliphatic heterocycles. The number of phosphoric acid groups is 2. The molecule has 0 aromatic heterocycles. The maximum atomic E-state index is 13.2. The quantitative estimate of drug-likeness (QED) is 0.0222. The Morgan fingerprint density at radius 3 is 0.642 bits per heavy atom. The van der Waals surface area contributed by atoms with Crippen molar-refractivity contribution >= 4 is 39.5 Å². The summed E-state index contributed by atoms with van der Waals surface area (Å²) in [5.74, 6) is -1.35. The van der Waals surface area contributed by atoms with Gasteiger partial charge in [-0.25, -0.2) is 9.13 Å². The summed E-state index contributed by atoms with van der Waals surface area (Å²) in [6, 6.07) is 0. The third-order valence-corrected chi connectivity index (χ3v) is 22.4. The fraction of sp³-hybridized carbons (Fsp3) is 0.954. The zero-order chi connectivity index (χ0) is 77.6. The van der Waals surface area contributed by atoms with Crippen LogP contribution in [0, 0.1) is 5.92 Å². The highest BCUT2D eigenvalue weighted by molar-refractivity contribution is 7.47.